The van der Waals surface area contributed by atoms with E-state index >= 15 is 0 Å². The second kappa shape index (κ2) is 5.76. The molecule has 0 saturated carbocycles. The standard InChI is InChI=1S/C15H23NO3/c1-15(2)12(10-13(17)19-15)14(18)16-9-8-11-6-4-3-5-7-11/h6,12H,3-5,7-10H2,1-2H3,(H,16,18). The number of carbonyl (C=O) groups excluding carboxylic acids is 2. The summed E-state index contributed by atoms with van der Waals surface area (Å²) in [4.78, 5) is 23.4. The predicted molar refractivity (Wildman–Crippen MR) is 72.5 cm³/mol. The van der Waals surface area contributed by atoms with Crippen molar-refractivity contribution >= 4 is 11.9 Å². The van der Waals surface area contributed by atoms with Crippen molar-refractivity contribution in [1.82, 2.24) is 5.32 Å². The van der Waals surface area contributed by atoms with E-state index in [2.05, 4.69) is 11.4 Å². The maximum atomic E-state index is 12.1. The molecule has 1 N–H and O–H groups in total. The third-order valence-corrected chi connectivity index (χ3v) is 4.03. The minimum Gasteiger partial charge on any atom is -0.459 e. The Kier molecular flexibility index (Phi) is 4.27. The highest BCUT2D eigenvalue weighted by atomic mass is 16.6. The molecule has 2 rings (SSSR count). The highest BCUT2D eigenvalue weighted by molar-refractivity contribution is 5.87. The van der Waals surface area contributed by atoms with Crippen LogP contribution in [-0.4, -0.2) is 24.0 Å². The van der Waals surface area contributed by atoms with Gasteiger partial charge in [0.2, 0.25) is 5.91 Å². The smallest absolute Gasteiger partial charge is 0.307 e. The minimum atomic E-state index is -0.675. The molecule has 1 saturated heterocycles. The number of nitrogens with one attached hydrogen (secondary N) is 1. The monoisotopic (exact) mass is 265 g/mol. The van der Waals surface area contributed by atoms with E-state index in [1.165, 1.54) is 24.8 Å². The van der Waals surface area contributed by atoms with Crippen LogP contribution in [0.3, 0.4) is 0 Å². The Hall–Kier alpha value is -1.32. The fourth-order valence-electron chi connectivity index (χ4n) is 2.83. The van der Waals surface area contributed by atoms with Crippen LogP contribution in [0.25, 0.3) is 0 Å². The van der Waals surface area contributed by atoms with E-state index in [-0.39, 0.29) is 24.2 Å². The lowest BCUT2D eigenvalue weighted by Crippen LogP contribution is -2.40. The van der Waals surface area contributed by atoms with Gasteiger partial charge in [-0.3, -0.25) is 9.59 Å². The average molecular weight is 265 g/mol. The van der Waals surface area contributed by atoms with Crippen molar-refractivity contribution < 1.29 is 14.3 Å². The quantitative estimate of drug-likeness (QED) is 0.627. The van der Waals surface area contributed by atoms with Gasteiger partial charge < -0.3 is 10.1 Å². The van der Waals surface area contributed by atoms with Crippen molar-refractivity contribution in [2.45, 2.75) is 58.0 Å². The van der Waals surface area contributed by atoms with Gasteiger partial charge in [0.05, 0.1) is 12.3 Å². The number of hydrogen-bond acceptors (Lipinski definition) is 3. The molecule has 1 atom stereocenters. The Morgan fingerprint density at radius 1 is 1.47 bits per heavy atom. The molecule has 1 aliphatic carbocycles. The van der Waals surface area contributed by atoms with Gasteiger partial charge in [0, 0.05) is 6.54 Å². The van der Waals surface area contributed by atoms with Crippen molar-refractivity contribution in [2.75, 3.05) is 6.54 Å². The SMILES string of the molecule is CC1(C)OC(=O)CC1C(=O)NCCC1=CCCCC1. The van der Waals surface area contributed by atoms with E-state index in [1.807, 2.05) is 0 Å². The van der Waals surface area contributed by atoms with Crippen LogP contribution in [0, 0.1) is 5.92 Å². The van der Waals surface area contributed by atoms with Crippen LogP contribution in [-0.2, 0) is 14.3 Å². The van der Waals surface area contributed by atoms with Crippen LogP contribution >= 0.6 is 0 Å². The number of rotatable bonds is 4. The summed E-state index contributed by atoms with van der Waals surface area (Å²) in [6.07, 6.45) is 8.29. The summed E-state index contributed by atoms with van der Waals surface area (Å²) in [6, 6.07) is 0. The Morgan fingerprint density at radius 3 is 2.84 bits per heavy atom. The van der Waals surface area contributed by atoms with Gasteiger partial charge in [0.1, 0.15) is 5.60 Å². The molecule has 4 heteroatoms. The van der Waals surface area contributed by atoms with Crippen molar-refractivity contribution in [2.24, 2.45) is 5.92 Å². The van der Waals surface area contributed by atoms with E-state index in [0.29, 0.717) is 6.54 Å². The third-order valence-electron chi connectivity index (χ3n) is 4.03. The first-order valence-electron chi connectivity index (χ1n) is 7.16. The molecule has 0 aromatic carbocycles. The molecule has 0 aromatic heterocycles. The van der Waals surface area contributed by atoms with E-state index in [1.54, 1.807) is 13.8 Å². The third kappa shape index (κ3) is 3.58. The average Bonchev–Trinajstić information content (AvgIpc) is 2.64. The maximum absolute atomic E-state index is 12.1. The van der Waals surface area contributed by atoms with E-state index in [4.69, 9.17) is 4.74 Å². The molecule has 0 radical (unpaired) electrons. The zero-order valence-corrected chi connectivity index (χ0v) is 11.8. The fraction of sp³-hybridized carbons (Fsp3) is 0.733. The Balaban J connectivity index is 1.78. The molecule has 1 unspecified atom stereocenters. The van der Waals surface area contributed by atoms with E-state index in [0.717, 1.165) is 12.8 Å². The number of allylic oxidation sites excluding steroid dienone is 1. The van der Waals surface area contributed by atoms with Gasteiger partial charge in [-0.25, -0.2) is 0 Å². The molecule has 1 amide bonds. The second-order valence-corrected chi connectivity index (χ2v) is 5.98. The normalized spacial score (nSPS) is 25.7. The molecule has 19 heavy (non-hydrogen) atoms. The van der Waals surface area contributed by atoms with Crippen molar-refractivity contribution in [1.29, 1.82) is 0 Å². The summed E-state index contributed by atoms with van der Waals surface area (Å²) in [7, 11) is 0. The summed E-state index contributed by atoms with van der Waals surface area (Å²) in [6.45, 7) is 4.25. The second-order valence-electron chi connectivity index (χ2n) is 5.98. The van der Waals surface area contributed by atoms with Crippen molar-refractivity contribution in [3.63, 3.8) is 0 Å². The summed E-state index contributed by atoms with van der Waals surface area (Å²) in [5.41, 5.74) is 0.773. The Labute approximate surface area is 114 Å². The minimum absolute atomic E-state index is 0.0627. The molecule has 2 aliphatic rings. The van der Waals surface area contributed by atoms with Gasteiger partial charge in [-0.2, -0.15) is 0 Å². The number of ether oxygens (including phenoxy) is 1. The van der Waals surface area contributed by atoms with E-state index < -0.39 is 5.60 Å². The first kappa shape index (κ1) is 14.1. The van der Waals surface area contributed by atoms with Crippen LogP contribution in [0.15, 0.2) is 11.6 Å². The molecule has 4 nitrogen and oxygen atoms in total. The van der Waals surface area contributed by atoms with Gasteiger partial charge in [0.25, 0.3) is 0 Å². The zero-order chi connectivity index (χ0) is 13.9. The Morgan fingerprint density at radius 2 is 2.26 bits per heavy atom. The summed E-state index contributed by atoms with van der Waals surface area (Å²) in [5.74, 6) is -0.701. The van der Waals surface area contributed by atoms with Crippen molar-refractivity contribution in [3.05, 3.63) is 11.6 Å². The van der Waals surface area contributed by atoms with Gasteiger partial charge in [-0.05, 0) is 46.0 Å². The summed E-state index contributed by atoms with van der Waals surface area (Å²) < 4.78 is 5.17. The molecule has 0 spiro atoms. The van der Waals surface area contributed by atoms with Gasteiger partial charge in [0.15, 0.2) is 0 Å². The molecule has 1 aliphatic heterocycles. The molecule has 1 heterocycles. The molecule has 0 bridgehead atoms. The molecular weight excluding hydrogens is 242 g/mol. The molecule has 1 fully saturated rings. The fourth-order valence-corrected chi connectivity index (χ4v) is 2.83. The van der Waals surface area contributed by atoms with Crippen LogP contribution in [0.5, 0.6) is 0 Å². The Bertz CT molecular complexity index is 398. The predicted octanol–water partition coefficient (Wildman–Crippen LogP) is 2.33. The molecule has 0 aromatic rings. The topological polar surface area (TPSA) is 55.4 Å². The highest BCUT2D eigenvalue weighted by Gasteiger charge is 2.45. The maximum Gasteiger partial charge on any atom is 0.307 e. The largest absolute Gasteiger partial charge is 0.459 e. The number of carbonyl (C=O) groups is 2. The molecule has 106 valence electrons. The number of hydrogen-bond donors (Lipinski definition) is 1. The number of amides is 1. The summed E-state index contributed by atoms with van der Waals surface area (Å²) in [5, 5.41) is 2.94. The first-order chi connectivity index (χ1) is 8.99. The van der Waals surface area contributed by atoms with Crippen molar-refractivity contribution in [3.8, 4) is 0 Å². The van der Waals surface area contributed by atoms with Crippen LogP contribution in [0.4, 0.5) is 0 Å². The van der Waals surface area contributed by atoms with Crippen LogP contribution in [0.1, 0.15) is 52.4 Å². The molecular formula is C15H23NO3. The van der Waals surface area contributed by atoms with Crippen LogP contribution in [0.2, 0.25) is 0 Å². The lowest BCUT2D eigenvalue weighted by Gasteiger charge is -2.24. The highest BCUT2D eigenvalue weighted by Crippen LogP contribution is 2.32. The van der Waals surface area contributed by atoms with Gasteiger partial charge >= 0.3 is 5.97 Å². The van der Waals surface area contributed by atoms with Gasteiger partial charge in [-0.1, -0.05) is 11.6 Å². The zero-order valence-electron chi connectivity index (χ0n) is 11.8. The van der Waals surface area contributed by atoms with Crippen LogP contribution < -0.4 is 5.32 Å². The van der Waals surface area contributed by atoms with E-state index in [9.17, 15) is 9.59 Å². The lowest BCUT2D eigenvalue weighted by molar-refractivity contribution is -0.147. The number of esters is 1. The number of cyclic esters (lactones) is 1. The lowest BCUT2D eigenvalue weighted by atomic mass is 9.90. The van der Waals surface area contributed by atoms with Gasteiger partial charge in [-0.15, -0.1) is 0 Å². The first-order valence-corrected chi connectivity index (χ1v) is 7.16. The summed E-state index contributed by atoms with van der Waals surface area (Å²) >= 11 is 0.